The summed E-state index contributed by atoms with van der Waals surface area (Å²) in [5.41, 5.74) is -0.772. The van der Waals surface area contributed by atoms with Crippen molar-refractivity contribution in [2.24, 2.45) is 5.73 Å². The summed E-state index contributed by atoms with van der Waals surface area (Å²) in [5, 5.41) is 95.7. The van der Waals surface area contributed by atoms with Crippen LogP contribution < -0.4 is 21.7 Å². The second kappa shape index (κ2) is 25.4. The maximum atomic E-state index is 11.7. The molecule has 21 nitrogen and oxygen atoms in total. The number of nitrogens with one attached hydrogen (secondary N) is 3. The third-order valence-corrected chi connectivity index (χ3v) is 10.0. The summed E-state index contributed by atoms with van der Waals surface area (Å²) >= 11 is 0. The van der Waals surface area contributed by atoms with Gasteiger partial charge in [0, 0.05) is 61.7 Å². The first-order valence-corrected chi connectivity index (χ1v) is 19.3. The van der Waals surface area contributed by atoms with E-state index in [1.165, 1.54) is 0 Å². The predicted octanol–water partition coefficient (Wildman–Crippen LogP) is 0.0861. The molecule has 0 saturated carbocycles. The van der Waals surface area contributed by atoms with Gasteiger partial charge in [-0.1, -0.05) is 20.8 Å². The normalized spacial score (nSPS) is 16.2. The van der Waals surface area contributed by atoms with Gasteiger partial charge in [-0.2, -0.15) is 0 Å². The molecule has 0 aliphatic carbocycles. The molecule has 57 heavy (non-hydrogen) atoms. The number of rotatable bonds is 23. The highest BCUT2D eigenvalue weighted by atomic mass is 16.6. The Morgan fingerprint density at radius 1 is 0.596 bits per heavy atom. The van der Waals surface area contributed by atoms with Crippen LogP contribution in [-0.2, 0) is 4.74 Å². The lowest BCUT2D eigenvalue weighted by atomic mass is 9.92. The highest BCUT2D eigenvalue weighted by molar-refractivity contribution is 4.94. The van der Waals surface area contributed by atoms with Crippen LogP contribution >= 0.6 is 0 Å². The van der Waals surface area contributed by atoms with Crippen LogP contribution in [0.5, 0.6) is 0 Å². The number of nitrogens with two attached hydrogens (primary N) is 1. The molecular weight excluding hydrogens is 752 g/mol. The molecule has 1 rings (SSSR count). The van der Waals surface area contributed by atoms with Gasteiger partial charge in [-0.15, -0.1) is 0 Å². The summed E-state index contributed by atoms with van der Waals surface area (Å²) in [7, 11) is 0. The lowest BCUT2D eigenvalue weighted by Crippen LogP contribution is -2.60. The zero-order valence-electron chi connectivity index (χ0n) is 37.0. The van der Waals surface area contributed by atoms with E-state index < -0.39 is 56.9 Å². The molecule has 11 N–H and O–H groups in total. The molecule has 0 bridgehead atoms. The van der Waals surface area contributed by atoms with Crippen molar-refractivity contribution in [3.63, 3.8) is 0 Å². The number of nitrogens with zero attached hydrogens (tertiary/aromatic N) is 4. The molecule has 0 aromatic heterocycles. The number of hydrogen-bond donors (Lipinski definition) is 10. The maximum Gasteiger partial charge on any atom is 0.267 e. The van der Waals surface area contributed by atoms with Crippen LogP contribution in [0.15, 0.2) is 0 Å². The molecule has 342 valence electrons. The highest BCUT2D eigenvalue weighted by Crippen LogP contribution is 2.27. The number of aliphatic hydroxyl groups excluding tert-OH is 6. The summed E-state index contributed by atoms with van der Waals surface area (Å²) in [6.45, 7) is 24.0. The van der Waals surface area contributed by atoms with Crippen molar-refractivity contribution in [2.75, 3.05) is 79.2 Å². The van der Waals surface area contributed by atoms with E-state index in [-0.39, 0.29) is 67.9 Å². The fourth-order valence-corrected chi connectivity index (χ4v) is 4.30. The summed E-state index contributed by atoms with van der Waals surface area (Å²) in [6, 6.07) is 0. The molecule has 1 aliphatic heterocycles. The van der Waals surface area contributed by atoms with Gasteiger partial charge in [0.2, 0.25) is 11.1 Å². The lowest BCUT2D eigenvalue weighted by molar-refractivity contribution is -0.577. The minimum Gasteiger partial charge on any atom is -0.394 e. The summed E-state index contributed by atoms with van der Waals surface area (Å²) in [6.07, 6.45) is 0.900. The predicted molar refractivity (Wildman–Crippen MR) is 219 cm³/mol. The van der Waals surface area contributed by atoms with Gasteiger partial charge in [-0.05, 0) is 69.2 Å². The van der Waals surface area contributed by atoms with Crippen LogP contribution in [0.4, 0.5) is 0 Å². The van der Waals surface area contributed by atoms with Gasteiger partial charge in [-0.25, -0.2) is 0 Å². The molecule has 1 unspecified atom stereocenters. The van der Waals surface area contributed by atoms with E-state index in [4.69, 9.17) is 25.8 Å². The molecule has 21 heteroatoms. The Kier molecular flexibility index (Phi) is 26.3. The molecule has 1 atom stereocenters. The topological polar surface area (TPSA) is 325 Å². The van der Waals surface area contributed by atoms with Gasteiger partial charge in [0.1, 0.15) is 13.2 Å². The Labute approximate surface area is 339 Å². The summed E-state index contributed by atoms with van der Waals surface area (Å²) < 4.78 is 5.45. The monoisotopic (exact) mass is 833 g/mol. The van der Waals surface area contributed by atoms with E-state index >= 15 is 0 Å². The smallest absolute Gasteiger partial charge is 0.267 e. The van der Waals surface area contributed by atoms with Crippen molar-refractivity contribution in [3.05, 3.63) is 30.3 Å². The molecule has 0 aromatic rings. The Bertz CT molecular complexity index is 1140. The molecule has 0 amide bonds. The van der Waals surface area contributed by atoms with Crippen LogP contribution in [-0.4, -0.2) is 174 Å². The largest absolute Gasteiger partial charge is 0.394 e. The SMILES string of the molecule is CC(C)(N)CO.CCC(CNC(C)(C)CO)(CN1COCC1(C)C)[N+](=O)[O-].CCC(CNC(C)(C)CO)(CNC(C)(C)CO)[N+](=O)[O-].CCC(CO)(CO)[N+](=O)[O-]. The van der Waals surface area contributed by atoms with Gasteiger partial charge >= 0.3 is 0 Å². The molecule has 0 spiro atoms. The molecule has 1 heterocycles. The third kappa shape index (κ3) is 21.5. The average molecular weight is 833 g/mol. The van der Waals surface area contributed by atoms with Crippen molar-refractivity contribution in [2.45, 2.75) is 154 Å². The van der Waals surface area contributed by atoms with E-state index in [1.54, 1.807) is 55.4 Å². The first-order chi connectivity index (χ1) is 25.8. The quantitative estimate of drug-likeness (QED) is 0.0482. The van der Waals surface area contributed by atoms with E-state index in [1.807, 2.05) is 39.5 Å². The van der Waals surface area contributed by atoms with Gasteiger partial charge in [0.05, 0.1) is 65.9 Å². The maximum absolute atomic E-state index is 11.7. The fourth-order valence-electron chi connectivity index (χ4n) is 4.30. The number of hydrogen-bond acceptors (Lipinski definition) is 18. The molecule has 1 saturated heterocycles. The molecular formula is C36H80N8O13. The fraction of sp³-hybridized carbons (Fsp3) is 1.00. The van der Waals surface area contributed by atoms with Gasteiger partial charge in [0.15, 0.2) is 0 Å². The van der Waals surface area contributed by atoms with Crippen LogP contribution in [0, 0.1) is 30.3 Å². The van der Waals surface area contributed by atoms with Crippen molar-refractivity contribution in [3.8, 4) is 0 Å². The molecule has 0 aromatic carbocycles. The number of aliphatic hydroxyl groups is 6. The molecule has 0 radical (unpaired) electrons. The third-order valence-electron chi connectivity index (χ3n) is 10.0. The van der Waals surface area contributed by atoms with E-state index in [2.05, 4.69) is 16.0 Å². The Balaban J connectivity index is -0.000000749. The first kappa shape index (κ1) is 59.0. The van der Waals surface area contributed by atoms with Crippen LogP contribution in [0.25, 0.3) is 0 Å². The van der Waals surface area contributed by atoms with Crippen LogP contribution in [0.2, 0.25) is 0 Å². The van der Waals surface area contributed by atoms with Crippen LogP contribution in [0.1, 0.15) is 109 Å². The van der Waals surface area contributed by atoms with Crippen LogP contribution in [0.3, 0.4) is 0 Å². The standard InChI is InChI=1S/C14H29N3O4.C13H29N3O4.C5H11NO4.C4H11NO/c1-6-14(17(19)20,7-15-12(2,3)9-18)8-16-11-21-10-13(16,4)5;1-6-13(16(19)20,7-14-11(2,3)9-17)8-15-12(4,5)10-18;1-2-5(3-7,4-8)6(9)10;1-4(2,5)3-6/h15,18H,6-11H2,1-5H3;14-15,17-18H,6-10H2,1-5H3;7-8H,2-4H2,1H3;6H,3,5H2,1-2H3. The number of ether oxygens (including phenoxy) is 1. The van der Waals surface area contributed by atoms with Gasteiger partial charge in [-0.3, -0.25) is 35.2 Å². The lowest BCUT2D eigenvalue weighted by Gasteiger charge is -2.36. The van der Waals surface area contributed by atoms with Crippen molar-refractivity contribution >= 4 is 0 Å². The van der Waals surface area contributed by atoms with E-state index in [0.717, 1.165) is 0 Å². The molecule has 1 fully saturated rings. The second-order valence-electron chi connectivity index (χ2n) is 18.1. The minimum atomic E-state index is -1.54. The zero-order valence-corrected chi connectivity index (χ0v) is 37.0. The summed E-state index contributed by atoms with van der Waals surface area (Å²) in [4.78, 5) is 34.3. The second-order valence-corrected chi connectivity index (χ2v) is 18.1. The molecule has 1 aliphatic rings. The Morgan fingerprint density at radius 3 is 1.07 bits per heavy atom. The van der Waals surface area contributed by atoms with Gasteiger partial charge < -0.3 is 57.1 Å². The number of nitro groups is 3. The van der Waals surface area contributed by atoms with E-state index in [9.17, 15) is 45.7 Å². The van der Waals surface area contributed by atoms with E-state index in [0.29, 0.717) is 32.7 Å². The first-order valence-electron chi connectivity index (χ1n) is 19.3. The highest BCUT2D eigenvalue weighted by Gasteiger charge is 2.48. The van der Waals surface area contributed by atoms with Crippen molar-refractivity contribution < 1.29 is 50.1 Å². The Hall–Kier alpha value is -2.28. The van der Waals surface area contributed by atoms with Crippen molar-refractivity contribution in [1.29, 1.82) is 0 Å². The minimum absolute atomic E-state index is 0.0486. The zero-order chi connectivity index (χ0) is 45.7. The Morgan fingerprint density at radius 2 is 0.895 bits per heavy atom. The van der Waals surface area contributed by atoms with Gasteiger partial charge in [0.25, 0.3) is 5.54 Å². The van der Waals surface area contributed by atoms with Crippen molar-refractivity contribution in [1.82, 2.24) is 20.9 Å². The summed E-state index contributed by atoms with van der Waals surface area (Å²) in [5.74, 6) is 0. The average Bonchev–Trinajstić information content (AvgIpc) is 3.47.